The number of fused-ring (bicyclic) bond motifs is 1. The smallest absolute Gasteiger partial charge is 0.237 e. The first-order valence-electron chi connectivity index (χ1n) is 8.94. The van der Waals surface area contributed by atoms with Crippen molar-refractivity contribution in [3.05, 3.63) is 35.7 Å². The van der Waals surface area contributed by atoms with Crippen LogP contribution in [-0.2, 0) is 30.8 Å². The van der Waals surface area contributed by atoms with E-state index in [0.717, 1.165) is 50.4 Å². The zero-order valence-corrected chi connectivity index (χ0v) is 17.2. The zero-order valence-electron chi connectivity index (χ0n) is 15.6. The van der Waals surface area contributed by atoms with Crippen molar-refractivity contribution in [1.29, 1.82) is 0 Å². The van der Waals surface area contributed by atoms with Gasteiger partial charge in [0.05, 0.1) is 30.3 Å². The molecule has 1 amide bonds. The molecule has 10 heteroatoms. The minimum atomic E-state index is -0.596. The van der Waals surface area contributed by atoms with Gasteiger partial charge in [0, 0.05) is 37.9 Å². The highest BCUT2D eigenvalue weighted by molar-refractivity contribution is 5.85. The molecule has 8 nitrogen and oxygen atoms in total. The Kier molecular flexibility index (Phi) is 9.79. The number of rotatable bonds is 7. The highest BCUT2D eigenvalue weighted by Crippen LogP contribution is 2.14. The first-order valence-corrected chi connectivity index (χ1v) is 8.94. The molecule has 152 valence electrons. The molecule has 4 N–H and O–H groups in total. The van der Waals surface area contributed by atoms with Gasteiger partial charge in [0.1, 0.15) is 0 Å². The average Bonchev–Trinajstić information content (AvgIpc) is 3.19. The maximum atomic E-state index is 12.2. The summed E-state index contributed by atoms with van der Waals surface area (Å²) < 4.78 is 2.07. The van der Waals surface area contributed by atoms with E-state index in [1.54, 1.807) is 12.5 Å². The number of aromatic amines is 1. The van der Waals surface area contributed by atoms with E-state index in [9.17, 15) is 4.79 Å². The third-order valence-electron chi connectivity index (χ3n) is 4.46. The van der Waals surface area contributed by atoms with E-state index in [2.05, 4.69) is 43.0 Å². The molecular formula is C17H29Cl2N7O. The molecule has 2 aromatic heterocycles. The molecule has 0 saturated heterocycles. The van der Waals surface area contributed by atoms with Crippen LogP contribution < -0.4 is 11.1 Å². The fraction of sp³-hybridized carbons (Fsp3) is 0.588. The number of carbonyl (C=O) groups excluding carboxylic acids is 1. The number of hydrogen-bond donors (Lipinski definition) is 3. The number of halogens is 2. The summed E-state index contributed by atoms with van der Waals surface area (Å²) in [6.45, 7) is 6.70. The SMILES string of the molecule is CCCN1CCCn2nc(CNC(=O)[C@@H](N)Cc3cnc[nH]3)cc2C1.Cl.Cl. The van der Waals surface area contributed by atoms with Crippen LogP contribution in [0.1, 0.15) is 36.8 Å². The number of nitrogens with zero attached hydrogens (tertiary/aromatic N) is 4. The number of nitrogens with one attached hydrogen (secondary N) is 2. The highest BCUT2D eigenvalue weighted by Gasteiger charge is 2.18. The molecule has 1 atom stereocenters. The monoisotopic (exact) mass is 417 g/mol. The van der Waals surface area contributed by atoms with E-state index in [-0.39, 0.29) is 30.7 Å². The number of H-pyrrole nitrogens is 1. The Labute approximate surface area is 172 Å². The predicted molar refractivity (Wildman–Crippen MR) is 109 cm³/mol. The van der Waals surface area contributed by atoms with Crippen LogP contribution in [0.4, 0.5) is 0 Å². The van der Waals surface area contributed by atoms with Crippen molar-refractivity contribution in [3.63, 3.8) is 0 Å². The van der Waals surface area contributed by atoms with Gasteiger partial charge in [0.15, 0.2) is 0 Å². The summed E-state index contributed by atoms with van der Waals surface area (Å²) >= 11 is 0. The van der Waals surface area contributed by atoms with Crippen molar-refractivity contribution in [2.45, 2.75) is 51.9 Å². The number of aromatic nitrogens is 4. The van der Waals surface area contributed by atoms with Crippen LogP contribution in [0.25, 0.3) is 0 Å². The highest BCUT2D eigenvalue weighted by atomic mass is 35.5. The van der Waals surface area contributed by atoms with Crippen LogP contribution >= 0.6 is 24.8 Å². The van der Waals surface area contributed by atoms with Gasteiger partial charge in [0.25, 0.3) is 0 Å². The second-order valence-corrected chi connectivity index (χ2v) is 6.59. The van der Waals surface area contributed by atoms with Gasteiger partial charge in [-0.3, -0.25) is 14.4 Å². The quantitative estimate of drug-likeness (QED) is 0.628. The van der Waals surface area contributed by atoms with Gasteiger partial charge in [-0.05, 0) is 25.5 Å². The lowest BCUT2D eigenvalue weighted by molar-refractivity contribution is -0.122. The Hall–Kier alpha value is -1.61. The lowest BCUT2D eigenvalue weighted by atomic mass is 10.1. The topological polar surface area (TPSA) is 105 Å². The summed E-state index contributed by atoms with van der Waals surface area (Å²) in [5.74, 6) is -0.176. The maximum Gasteiger partial charge on any atom is 0.237 e. The molecular weight excluding hydrogens is 389 g/mol. The van der Waals surface area contributed by atoms with Crippen molar-refractivity contribution >= 4 is 30.7 Å². The minimum Gasteiger partial charge on any atom is -0.349 e. The summed E-state index contributed by atoms with van der Waals surface area (Å²) in [6, 6.07) is 1.50. The Bertz CT molecular complexity index is 690. The Morgan fingerprint density at radius 1 is 1.41 bits per heavy atom. The molecule has 1 aliphatic heterocycles. The molecule has 0 fully saturated rings. The van der Waals surface area contributed by atoms with Crippen LogP contribution in [0.15, 0.2) is 18.6 Å². The molecule has 2 aromatic rings. The Morgan fingerprint density at radius 3 is 2.93 bits per heavy atom. The van der Waals surface area contributed by atoms with Crippen LogP contribution in [0, 0.1) is 0 Å². The maximum absolute atomic E-state index is 12.2. The van der Waals surface area contributed by atoms with E-state index in [1.165, 1.54) is 5.69 Å². The normalized spacial score (nSPS) is 15.0. The molecule has 0 spiro atoms. The van der Waals surface area contributed by atoms with E-state index in [1.807, 2.05) is 0 Å². The van der Waals surface area contributed by atoms with Crippen molar-refractivity contribution in [3.8, 4) is 0 Å². The van der Waals surface area contributed by atoms with Gasteiger partial charge in [-0.2, -0.15) is 5.10 Å². The van der Waals surface area contributed by atoms with E-state index >= 15 is 0 Å². The van der Waals surface area contributed by atoms with Gasteiger partial charge in [-0.25, -0.2) is 4.98 Å². The summed E-state index contributed by atoms with van der Waals surface area (Å²) in [5.41, 5.74) is 8.91. The lowest BCUT2D eigenvalue weighted by Crippen LogP contribution is -2.41. The lowest BCUT2D eigenvalue weighted by Gasteiger charge is -2.17. The second-order valence-electron chi connectivity index (χ2n) is 6.59. The number of hydrogen-bond acceptors (Lipinski definition) is 5. The molecule has 3 heterocycles. The molecule has 0 saturated carbocycles. The van der Waals surface area contributed by atoms with Gasteiger partial charge >= 0.3 is 0 Å². The number of imidazole rings is 1. The van der Waals surface area contributed by atoms with Crippen molar-refractivity contribution in [1.82, 2.24) is 30.0 Å². The Morgan fingerprint density at radius 2 is 2.22 bits per heavy atom. The van der Waals surface area contributed by atoms with Gasteiger partial charge in [-0.1, -0.05) is 6.92 Å². The third kappa shape index (κ3) is 6.49. The van der Waals surface area contributed by atoms with Crippen molar-refractivity contribution < 1.29 is 4.79 Å². The molecule has 27 heavy (non-hydrogen) atoms. The molecule has 3 rings (SSSR count). The number of carbonyl (C=O) groups is 1. The fourth-order valence-corrected chi connectivity index (χ4v) is 3.22. The molecule has 0 bridgehead atoms. The molecule has 0 unspecified atom stereocenters. The van der Waals surface area contributed by atoms with Crippen molar-refractivity contribution in [2.24, 2.45) is 5.73 Å². The predicted octanol–water partition coefficient (Wildman–Crippen LogP) is 1.25. The van der Waals surface area contributed by atoms with E-state index in [4.69, 9.17) is 5.73 Å². The summed E-state index contributed by atoms with van der Waals surface area (Å²) in [5, 5.41) is 7.52. The van der Waals surface area contributed by atoms with Crippen LogP contribution in [0.2, 0.25) is 0 Å². The summed E-state index contributed by atoms with van der Waals surface area (Å²) in [6.07, 6.45) is 5.97. The van der Waals surface area contributed by atoms with Gasteiger partial charge in [-0.15, -0.1) is 24.8 Å². The number of amides is 1. The van der Waals surface area contributed by atoms with Gasteiger partial charge in [0.2, 0.25) is 5.91 Å². The van der Waals surface area contributed by atoms with E-state index in [0.29, 0.717) is 13.0 Å². The summed E-state index contributed by atoms with van der Waals surface area (Å²) in [4.78, 5) is 21.5. The van der Waals surface area contributed by atoms with Crippen molar-refractivity contribution in [2.75, 3.05) is 13.1 Å². The molecule has 0 aliphatic carbocycles. The van der Waals surface area contributed by atoms with Crippen LogP contribution in [0.3, 0.4) is 0 Å². The van der Waals surface area contributed by atoms with Crippen LogP contribution in [0.5, 0.6) is 0 Å². The fourth-order valence-electron chi connectivity index (χ4n) is 3.22. The second kappa shape index (κ2) is 11.3. The number of aryl methyl sites for hydroxylation is 1. The third-order valence-corrected chi connectivity index (χ3v) is 4.46. The van der Waals surface area contributed by atoms with Crippen LogP contribution in [-0.4, -0.2) is 49.7 Å². The molecule has 0 aromatic carbocycles. The largest absolute Gasteiger partial charge is 0.349 e. The molecule has 0 radical (unpaired) electrons. The number of nitrogens with two attached hydrogens (primary N) is 1. The average molecular weight is 418 g/mol. The first kappa shape index (κ1) is 23.4. The minimum absolute atomic E-state index is 0. The molecule has 1 aliphatic rings. The summed E-state index contributed by atoms with van der Waals surface area (Å²) in [7, 11) is 0. The zero-order chi connectivity index (χ0) is 17.6. The Balaban J connectivity index is 0.00000182. The standard InChI is InChI=1S/C17H27N7O.2ClH/c1-2-4-23-5-3-6-24-15(11-23)7-14(22-24)10-20-17(25)16(18)8-13-9-19-12-21-13;;/h7,9,12,16H,2-6,8,10-11,18H2,1H3,(H,19,21)(H,20,25);2*1H/t16-;;/m0../s1. The first-order chi connectivity index (χ1) is 12.2. The van der Waals surface area contributed by atoms with E-state index < -0.39 is 6.04 Å². The van der Waals surface area contributed by atoms with Gasteiger partial charge < -0.3 is 16.0 Å².